The Hall–Kier alpha value is -2.84. The van der Waals surface area contributed by atoms with E-state index < -0.39 is 30.5 Å². The lowest BCUT2D eigenvalue weighted by molar-refractivity contribution is -0.185. The molecule has 0 aromatic heterocycles. The van der Waals surface area contributed by atoms with Crippen LogP contribution in [0.25, 0.3) is 5.70 Å². The number of alkyl halides is 3. The molecule has 6 nitrogen and oxygen atoms in total. The quantitative estimate of drug-likeness (QED) is 0.432. The van der Waals surface area contributed by atoms with E-state index in [9.17, 15) is 18.0 Å². The first-order valence-corrected chi connectivity index (χ1v) is 13.7. The van der Waals surface area contributed by atoms with Crippen LogP contribution in [0, 0.1) is 5.92 Å². The smallest absolute Gasteiger partial charge is 0.410 e. The Morgan fingerprint density at radius 3 is 2.24 bits per heavy atom. The first-order valence-electron chi connectivity index (χ1n) is 13.7. The van der Waals surface area contributed by atoms with Crippen LogP contribution in [0.2, 0.25) is 0 Å². The predicted molar refractivity (Wildman–Crippen MR) is 146 cm³/mol. The predicted octanol–water partition coefficient (Wildman–Crippen LogP) is 6.86. The van der Waals surface area contributed by atoms with Gasteiger partial charge >= 0.3 is 12.3 Å². The van der Waals surface area contributed by atoms with Crippen LogP contribution in [0.4, 0.5) is 29.3 Å². The summed E-state index contributed by atoms with van der Waals surface area (Å²) in [6, 6.07) is 3.92. The van der Waals surface area contributed by atoms with Gasteiger partial charge in [-0.15, -0.1) is 0 Å². The lowest BCUT2D eigenvalue weighted by Crippen LogP contribution is -2.59. The molecule has 1 atom stereocenters. The van der Waals surface area contributed by atoms with E-state index in [4.69, 9.17) is 4.74 Å². The fourth-order valence-corrected chi connectivity index (χ4v) is 5.18. The van der Waals surface area contributed by atoms with Crippen LogP contribution in [-0.2, 0) is 4.74 Å². The maximum absolute atomic E-state index is 14.3. The molecule has 1 aromatic carbocycles. The first kappa shape index (κ1) is 28.2. The zero-order valence-corrected chi connectivity index (χ0v) is 22.9. The van der Waals surface area contributed by atoms with Crippen LogP contribution >= 0.6 is 0 Å². The molecular weight excluding hydrogens is 493 g/mol. The molecule has 1 saturated carbocycles. The third kappa shape index (κ3) is 6.97. The minimum absolute atomic E-state index is 0.0141. The number of hydrogen-bond acceptors (Lipinski definition) is 5. The van der Waals surface area contributed by atoms with Crippen molar-refractivity contribution < 1.29 is 22.7 Å². The number of allylic oxidation sites excluding steroid dienone is 1. The SMILES string of the molecule is C=C(Nc1ccc(C(=C)N2CCN(C(=O)OC(C)(C)C)CC2C(F)(F)F)c(N2CCCCCC2)c1)C1CC1. The number of nitrogens with zero attached hydrogens (tertiary/aromatic N) is 3. The molecule has 2 aliphatic heterocycles. The summed E-state index contributed by atoms with van der Waals surface area (Å²) in [4.78, 5) is 17.3. The molecule has 3 fully saturated rings. The van der Waals surface area contributed by atoms with Crippen LogP contribution < -0.4 is 10.2 Å². The van der Waals surface area contributed by atoms with Gasteiger partial charge in [0.05, 0.1) is 6.54 Å². The van der Waals surface area contributed by atoms with Crippen LogP contribution in [-0.4, -0.2) is 66.4 Å². The van der Waals surface area contributed by atoms with E-state index in [2.05, 4.69) is 23.4 Å². The summed E-state index contributed by atoms with van der Waals surface area (Å²) in [6.07, 6.45) is 1.36. The lowest BCUT2D eigenvalue weighted by atomic mass is 10.0. The van der Waals surface area contributed by atoms with Crippen molar-refractivity contribution in [3.05, 3.63) is 42.6 Å². The monoisotopic (exact) mass is 534 g/mol. The van der Waals surface area contributed by atoms with Crippen molar-refractivity contribution in [1.82, 2.24) is 9.80 Å². The molecule has 1 aromatic rings. The molecule has 0 spiro atoms. The molecule has 2 saturated heterocycles. The molecule has 38 heavy (non-hydrogen) atoms. The van der Waals surface area contributed by atoms with E-state index in [1.165, 1.54) is 4.90 Å². The van der Waals surface area contributed by atoms with Crippen molar-refractivity contribution in [3.8, 4) is 0 Å². The second kappa shape index (κ2) is 11.1. The second-order valence-corrected chi connectivity index (χ2v) is 11.7. The fourth-order valence-electron chi connectivity index (χ4n) is 5.18. The number of amides is 1. The highest BCUT2D eigenvalue weighted by Crippen LogP contribution is 2.40. The number of hydrogen-bond donors (Lipinski definition) is 1. The fraction of sp³-hybridized carbons (Fsp3) is 0.621. The molecule has 9 heteroatoms. The van der Waals surface area contributed by atoms with E-state index in [-0.39, 0.29) is 13.1 Å². The molecule has 210 valence electrons. The molecule has 2 heterocycles. The summed E-state index contributed by atoms with van der Waals surface area (Å²) >= 11 is 0. The minimum atomic E-state index is -4.55. The van der Waals surface area contributed by atoms with Crippen LogP contribution in [0.3, 0.4) is 0 Å². The maximum Gasteiger partial charge on any atom is 0.410 e. The van der Waals surface area contributed by atoms with Crippen molar-refractivity contribution in [3.63, 3.8) is 0 Å². The van der Waals surface area contributed by atoms with Crippen molar-refractivity contribution >= 4 is 23.2 Å². The van der Waals surface area contributed by atoms with E-state index in [1.54, 1.807) is 20.8 Å². The van der Waals surface area contributed by atoms with Gasteiger partial charge in [-0.1, -0.05) is 26.0 Å². The average molecular weight is 535 g/mol. The number of rotatable bonds is 6. The second-order valence-electron chi connectivity index (χ2n) is 11.7. The summed E-state index contributed by atoms with van der Waals surface area (Å²) < 4.78 is 48.4. The highest BCUT2D eigenvalue weighted by molar-refractivity contribution is 5.79. The van der Waals surface area contributed by atoms with Gasteiger partial charge in [0, 0.05) is 54.5 Å². The number of carbonyl (C=O) groups is 1. The number of anilines is 2. The van der Waals surface area contributed by atoms with Gasteiger partial charge < -0.3 is 24.8 Å². The van der Waals surface area contributed by atoms with E-state index in [1.807, 2.05) is 18.2 Å². The molecule has 4 rings (SSSR count). The largest absolute Gasteiger partial charge is 0.444 e. The average Bonchev–Trinajstić information content (AvgIpc) is 3.69. The van der Waals surface area contributed by atoms with E-state index in [0.29, 0.717) is 17.2 Å². The molecule has 1 N–H and O–H groups in total. The van der Waals surface area contributed by atoms with Crippen molar-refractivity contribution in [1.29, 1.82) is 0 Å². The van der Waals surface area contributed by atoms with Gasteiger partial charge in [-0.05, 0) is 70.6 Å². The summed E-state index contributed by atoms with van der Waals surface area (Å²) in [6.45, 7) is 14.8. The number of ether oxygens (including phenoxy) is 1. The van der Waals surface area contributed by atoms with Crippen molar-refractivity contribution in [2.24, 2.45) is 5.92 Å². The molecule has 1 unspecified atom stereocenters. The molecule has 1 aliphatic carbocycles. The van der Waals surface area contributed by atoms with Gasteiger partial charge in [0.15, 0.2) is 0 Å². The van der Waals surface area contributed by atoms with Crippen molar-refractivity contribution in [2.75, 3.05) is 42.9 Å². The minimum Gasteiger partial charge on any atom is -0.444 e. The summed E-state index contributed by atoms with van der Waals surface area (Å²) in [5.41, 5.74) is 2.99. The van der Waals surface area contributed by atoms with Gasteiger partial charge in [0.25, 0.3) is 0 Å². The molecule has 0 radical (unpaired) electrons. The van der Waals surface area contributed by atoms with Crippen LogP contribution in [0.5, 0.6) is 0 Å². The molecular formula is C29H41F3N4O2. The Bertz CT molecular complexity index is 1040. The first-order chi connectivity index (χ1) is 17.8. The van der Waals surface area contributed by atoms with Crippen LogP contribution in [0.15, 0.2) is 37.1 Å². The number of nitrogens with one attached hydrogen (secondary N) is 1. The highest BCUT2D eigenvalue weighted by Gasteiger charge is 2.48. The third-order valence-electron chi connectivity index (χ3n) is 7.39. The highest BCUT2D eigenvalue weighted by atomic mass is 19.4. The van der Waals surface area contributed by atoms with Gasteiger partial charge in [-0.25, -0.2) is 4.79 Å². The van der Waals surface area contributed by atoms with E-state index >= 15 is 0 Å². The number of benzene rings is 1. The van der Waals surface area contributed by atoms with Gasteiger partial charge in [0.2, 0.25) is 0 Å². The Morgan fingerprint density at radius 2 is 1.66 bits per heavy atom. The number of halogens is 3. The molecule has 0 bridgehead atoms. The third-order valence-corrected chi connectivity index (χ3v) is 7.39. The van der Waals surface area contributed by atoms with Crippen molar-refractivity contribution in [2.45, 2.75) is 77.1 Å². The van der Waals surface area contributed by atoms with E-state index in [0.717, 1.165) is 73.6 Å². The zero-order valence-electron chi connectivity index (χ0n) is 22.9. The summed E-state index contributed by atoms with van der Waals surface area (Å²) in [7, 11) is 0. The zero-order chi connectivity index (χ0) is 27.7. The summed E-state index contributed by atoms with van der Waals surface area (Å²) in [5, 5.41) is 3.41. The Kier molecular flexibility index (Phi) is 8.23. The summed E-state index contributed by atoms with van der Waals surface area (Å²) in [5.74, 6) is 0.486. The van der Waals surface area contributed by atoms with Gasteiger partial charge in [-0.2, -0.15) is 13.2 Å². The normalized spacial score (nSPS) is 21.1. The Morgan fingerprint density at radius 1 is 1.00 bits per heavy atom. The Balaban J connectivity index is 1.61. The molecule has 1 amide bonds. The van der Waals surface area contributed by atoms with Crippen LogP contribution in [0.1, 0.15) is 64.9 Å². The van der Waals surface area contributed by atoms with Gasteiger partial charge in [-0.3, -0.25) is 0 Å². The maximum atomic E-state index is 14.3. The Labute approximate surface area is 224 Å². The topological polar surface area (TPSA) is 48.1 Å². The lowest BCUT2D eigenvalue weighted by Gasteiger charge is -2.44. The number of piperazine rings is 1. The standard InChI is InChI=1S/C29H41F3N4O2/c1-20(22-10-11-22)33-23-12-13-24(25(18-23)34-14-8-6-7-9-15-34)21(2)36-17-16-35(19-26(36)29(30,31)32)27(37)38-28(3,4)5/h12-13,18,22,26,33H,1-2,6-11,14-17,19H2,3-5H3. The van der Waals surface area contributed by atoms with Gasteiger partial charge in [0.1, 0.15) is 11.6 Å². The number of carbonyl (C=O) groups excluding carboxylic acids is 1. The molecule has 3 aliphatic rings.